The van der Waals surface area contributed by atoms with Gasteiger partial charge in [0, 0.05) is 12.6 Å². The number of fused-ring (bicyclic) bond motifs is 1. The van der Waals surface area contributed by atoms with E-state index in [1.54, 1.807) is 6.92 Å². The van der Waals surface area contributed by atoms with Gasteiger partial charge in [0.1, 0.15) is 5.78 Å². The number of carbonyl (C=O) groups is 1. The van der Waals surface area contributed by atoms with Crippen LogP contribution in [-0.4, -0.2) is 15.4 Å². The van der Waals surface area contributed by atoms with Crippen molar-refractivity contribution in [1.82, 2.24) is 9.61 Å². The van der Waals surface area contributed by atoms with E-state index in [1.165, 1.54) is 0 Å². The second-order valence-corrected chi connectivity index (χ2v) is 3.40. The minimum Gasteiger partial charge on any atom is -0.300 e. The maximum Gasteiger partial charge on any atom is 0.130 e. The molecule has 0 atom stereocenters. The molecule has 2 aromatic rings. The number of pyridine rings is 1. The van der Waals surface area contributed by atoms with E-state index >= 15 is 0 Å². The molecule has 0 aromatic carbocycles. The molecule has 14 heavy (non-hydrogen) atoms. The van der Waals surface area contributed by atoms with Crippen molar-refractivity contribution in [2.45, 2.75) is 19.8 Å². The monoisotopic (exact) mass is 188 g/mol. The normalized spacial score (nSPS) is 10.6. The predicted molar refractivity (Wildman–Crippen MR) is 54.2 cm³/mol. The summed E-state index contributed by atoms with van der Waals surface area (Å²) in [7, 11) is 0. The largest absolute Gasteiger partial charge is 0.300 e. The Kier molecular flexibility index (Phi) is 2.31. The van der Waals surface area contributed by atoms with E-state index in [-0.39, 0.29) is 5.78 Å². The minimum absolute atomic E-state index is 0.222. The zero-order chi connectivity index (χ0) is 9.97. The number of ketones is 1. The molecule has 3 nitrogen and oxygen atoms in total. The first kappa shape index (κ1) is 8.94. The molecule has 0 aliphatic carbocycles. The number of hydrogen-bond acceptors (Lipinski definition) is 2. The fourth-order valence-corrected chi connectivity index (χ4v) is 1.49. The molecule has 0 unspecified atom stereocenters. The number of carbonyl (C=O) groups excluding carboxylic acids is 1. The van der Waals surface area contributed by atoms with Crippen LogP contribution in [0, 0.1) is 0 Å². The second-order valence-electron chi connectivity index (χ2n) is 3.40. The minimum atomic E-state index is 0.222. The van der Waals surface area contributed by atoms with Crippen molar-refractivity contribution in [3.05, 3.63) is 36.2 Å². The van der Waals surface area contributed by atoms with E-state index < -0.39 is 0 Å². The van der Waals surface area contributed by atoms with E-state index in [4.69, 9.17) is 0 Å². The fourth-order valence-electron chi connectivity index (χ4n) is 1.49. The van der Waals surface area contributed by atoms with Crippen molar-refractivity contribution in [2.75, 3.05) is 0 Å². The van der Waals surface area contributed by atoms with E-state index in [9.17, 15) is 4.79 Å². The van der Waals surface area contributed by atoms with Crippen LogP contribution in [0.5, 0.6) is 0 Å². The lowest BCUT2D eigenvalue weighted by Crippen LogP contribution is -1.93. The molecule has 3 heteroatoms. The first-order valence-corrected chi connectivity index (χ1v) is 4.68. The molecule has 0 amide bonds. The number of hydrogen-bond donors (Lipinski definition) is 0. The van der Waals surface area contributed by atoms with Gasteiger partial charge in [-0.1, -0.05) is 6.07 Å². The molecule has 0 aliphatic rings. The fraction of sp³-hybridized carbons (Fsp3) is 0.273. The Labute approximate surface area is 82.4 Å². The van der Waals surface area contributed by atoms with Crippen LogP contribution >= 0.6 is 0 Å². The highest BCUT2D eigenvalue weighted by Crippen LogP contribution is 2.11. The topological polar surface area (TPSA) is 34.4 Å². The van der Waals surface area contributed by atoms with Gasteiger partial charge in [-0.2, -0.15) is 5.10 Å². The van der Waals surface area contributed by atoms with Gasteiger partial charge < -0.3 is 4.79 Å². The SMILES string of the molecule is CC(=O)CCc1cnn2ccccc12. The Morgan fingerprint density at radius 3 is 3.14 bits per heavy atom. The van der Waals surface area contributed by atoms with E-state index in [2.05, 4.69) is 5.10 Å². The maximum atomic E-state index is 10.8. The molecule has 0 fully saturated rings. The zero-order valence-electron chi connectivity index (χ0n) is 8.10. The van der Waals surface area contributed by atoms with Crippen LogP contribution in [0.4, 0.5) is 0 Å². The van der Waals surface area contributed by atoms with E-state index in [1.807, 2.05) is 35.1 Å². The summed E-state index contributed by atoms with van der Waals surface area (Å²) in [6, 6.07) is 5.94. The van der Waals surface area contributed by atoms with Gasteiger partial charge in [-0.25, -0.2) is 4.52 Å². The third-order valence-corrected chi connectivity index (χ3v) is 2.25. The predicted octanol–water partition coefficient (Wildman–Crippen LogP) is 1.86. The average molecular weight is 188 g/mol. The summed E-state index contributed by atoms with van der Waals surface area (Å²) in [4.78, 5) is 10.8. The molecule has 2 rings (SSSR count). The van der Waals surface area contributed by atoms with Gasteiger partial charge in [-0.05, 0) is 31.0 Å². The number of Topliss-reactive ketones (excluding diaryl/α,β-unsaturated/α-hetero) is 1. The lowest BCUT2D eigenvalue weighted by atomic mass is 10.1. The molecule has 72 valence electrons. The average Bonchev–Trinajstić information content (AvgIpc) is 2.58. The molecular weight excluding hydrogens is 176 g/mol. The Morgan fingerprint density at radius 1 is 1.50 bits per heavy atom. The molecule has 0 saturated heterocycles. The van der Waals surface area contributed by atoms with Crippen LogP contribution in [0.1, 0.15) is 18.9 Å². The van der Waals surface area contributed by atoms with Crippen molar-refractivity contribution in [3.63, 3.8) is 0 Å². The van der Waals surface area contributed by atoms with Gasteiger partial charge in [-0.15, -0.1) is 0 Å². The van der Waals surface area contributed by atoms with Gasteiger partial charge >= 0.3 is 0 Å². The van der Waals surface area contributed by atoms with Gasteiger partial charge in [0.05, 0.1) is 11.7 Å². The third-order valence-electron chi connectivity index (χ3n) is 2.25. The molecular formula is C11H12N2O. The van der Waals surface area contributed by atoms with Crippen molar-refractivity contribution >= 4 is 11.3 Å². The Hall–Kier alpha value is -1.64. The summed E-state index contributed by atoms with van der Waals surface area (Å²) in [5.41, 5.74) is 2.23. The summed E-state index contributed by atoms with van der Waals surface area (Å²) >= 11 is 0. The highest BCUT2D eigenvalue weighted by molar-refractivity contribution is 5.76. The molecule has 0 bridgehead atoms. The molecule has 0 spiro atoms. The summed E-state index contributed by atoms with van der Waals surface area (Å²) in [6.45, 7) is 1.62. The summed E-state index contributed by atoms with van der Waals surface area (Å²) in [5, 5.41) is 4.20. The number of nitrogens with zero attached hydrogens (tertiary/aromatic N) is 2. The first-order chi connectivity index (χ1) is 6.77. The number of aromatic nitrogens is 2. The van der Waals surface area contributed by atoms with E-state index in [0.29, 0.717) is 6.42 Å². The quantitative estimate of drug-likeness (QED) is 0.736. The van der Waals surface area contributed by atoms with Crippen molar-refractivity contribution in [3.8, 4) is 0 Å². The van der Waals surface area contributed by atoms with Crippen molar-refractivity contribution in [2.24, 2.45) is 0 Å². The zero-order valence-corrected chi connectivity index (χ0v) is 8.10. The number of rotatable bonds is 3. The molecule has 2 heterocycles. The summed E-state index contributed by atoms with van der Waals surface area (Å²) < 4.78 is 1.83. The lowest BCUT2D eigenvalue weighted by molar-refractivity contribution is -0.116. The van der Waals surface area contributed by atoms with Gasteiger partial charge in [0.15, 0.2) is 0 Å². The highest BCUT2D eigenvalue weighted by atomic mass is 16.1. The van der Waals surface area contributed by atoms with Gasteiger partial charge in [-0.3, -0.25) is 0 Å². The third kappa shape index (κ3) is 1.66. The molecule has 0 radical (unpaired) electrons. The first-order valence-electron chi connectivity index (χ1n) is 4.68. The van der Waals surface area contributed by atoms with Crippen LogP contribution < -0.4 is 0 Å². The van der Waals surface area contributed by atoms with Gasteiger partial charge in [0.2, 0.25) is 0 Å². The van der Waals surface area contributed by atoms with Crippen LogP contribution in [0.25, 0.3) is 5.52 Å². The van der Waals surface area contributed by atoms with Crippen LogP contribution in [0.3, 0.4) is 0 Å². The summed E-state index contributed by atoms with van der Waals surface area (Å²) in [6.07, 6.45) is 5.12. The number of aryl methyl sites for hydroxylation is 1. The maximum absolute atomic E-state index is 10.8. The standard InChI is InChI=1S/C11H12N2O/c1-9(14)5-6-10-8-12-13-7-3-2-4-11(10)13/h2-4,7-8H,5-6H2,1H3. The lowest BCUT2D eigenvalue weighted by Gasteiger charge is -1.96. The Morgan fingerprint density at radius 2 is 2.36 bits per heavy atom. The smallest absolute Gasteiger partial charge is 0.130 e. The molecule has 0 aliphatic heterocycles. The van der Waals surface area contributed by atoms with Crippen molar-refractivity contribution in [1.29, 1.82) is 0 Å². The van der Waals surface area contributed by atoms with Crippen molar-refractivity contribution < 1.29 is 4.79 Å². The molecule has 2 aromatic heterocycles. The summed E-state index contributed by atoms with van der Waals surface area (Å²) in [5.74, 6) is 0.222. The van der Waals surface area contributed by atoms with Crippen LogP contribution in [-0.2, 0) is 11.2 Å². The van der Waals surface area contributed by atoms with Gasteiger partial charge in [0.25, 0.3) is 0 Å². The molecule has 0 N–H and O–H groups in total. The van der Waals surface area contributed by atoms with Crippen LogP contribution in [0.15, 0.2) is 30.6 Å². The highest BCUT2D eigenvalue weighted by Gasteiger charge is 2.03. The Balaban J connectivity index is 2.29. The second kappa shape index (κ2) is 3.62. The molecule has 0 saturated carbocycles. The van der Waals surface area contributed by atoms with E-state index in [0.717, 1.165) is 17.5 Å². The van der Waals surface area contributed by atoms with Crippen LogP contribution in [0.2, 0.25) is 0 Å². The Bertz CT molecular complexity index is 459.